The summed E-state index contributed by atoms with van der Waals surface area (Å²) in [6, 6.07) is 9.89. The summed E-state index contributed by atoms with van der Waals surface area (Å²) < 4.78 is 23.5. The van der Waals surface area contributed by atoms with E-state index in [4.69, 9.17) is 21.1 Å². The smallest absolute Gasteiger partial charge is 0.283 e. The highest BCUT2D eigenvalue weighted by Crippen LogP contribution is 2.34. The van der Waals surface area contributed by atoms with E-state index in [1.54, 1.807) is 18.2 Å². The van der Waals surface area contributed by atoms with Gasteiger partial charge in [0.25, 0.3) is 11.8 Å². The van der Waals surface area contributed by atoms with Crippen molar-refractivity contribution < 1.29 is 23.5 Å². The van der Waals surface area contributed by atoms with Gasteiger partial charge in [-0.15, -0.1) is 0 Å². The predicted molar refractivity (Wildman–Crippen MR) is 94.9 cm³/mol. The van der Waals surface area contributed by atoms with Gasteiger partial charge in [0.05, 0.1) is 25.6 Å². The number of imide groups is 1. The highest BCUT2D eigenvalue weighted by atomic mass is 35.5. The number of ether oxygens (including phenoxy) is 2. The summed E-state index contributed by atoms with van der Waals surface area (Å²) in [7, 11) is 2.97. The Morgan fingerprint density at radius 1 is 1.00 bits per heavy atom. The second-order valence-corrected chi connectivity index (χ2v) is 5.68. The molecule has 0 bridgehead atoms. The van der Waals surface area contributed by atoms with E-state index in [2.05, 4.69) is 5.32 Å². The maximum Gasteiger partial charge on any atom is 0.283 e. The lowest BCUT2D eigenvalue weighted by Crippen LogP contribution is -2.32. The molecule has 6 nitrogen and oxygen atoms in total. The minimum Gasteiger partial charge on any atom is -0.497 e. The van der Waals surface area contributed by atoms with E-state index < -0.39 is 17.6 Å². The molecule has 2 amide bonds. The van der Waals surface area contributed by atoms with Crippen molar-refractivity contribution in [2.75, 3.05) is 24.4 Å². The third-order valence-corrected chi connectivity index (χ3v) is 4.13. The maximum absolute atomic E-state index is 13.1. The molecule has 0 aromatic heterocycles. The van der Waals surface area contributed by atoms with Crippen LogP contribution in [0.25, 0.3) is 0 Å². The fraction of sp³-hybridized carbons (Fsp3) is 0.111. The van der Waals surface area contributed by atoms with Crippen LogP contribution in [0.15, 0.2) is 53.2 Å². The number of halogens is 2. The van der Waals surface area contributed by atoms with Crippen LogP contribution in [0.4, 0.5) is 15.8 Å². The van der Waals surface area contributed by atoms with Gasteiger partial charge in [-0.3, -0.25) is 9.59 Å². The molecule has 26 heavy (non-hydrogen) atoms. The van der Waals surface area contributed by atoms with Crippen LogP contribution in [0.2, 0.25) is 0 Å². The summed E-state index contributed by atoms with van der Waals surface area (Å²) in [6.45, 7) is 0. The van der Waals surface area contributed by atoms with Gasteiger partial charge in [-0.2, -0.15) is 0 Å². The Morgan fingerprint density at radius 2 is 1.69 bits per heavy atom. The molecule has 1 aliphatic heterocycles. The number of hydrogen-bond acceptors (Lipinski definition) is 5. The number of carbonyl (C=O) groups excluding carboxylic acids is 2. The number of rotatable bonds is 5. The van der Waals surface area contributed by atoms with Crippen molar-refractivity contribution in [3.8, 4) is 11.5 Å². The molecule has 0 atom stereocenters. The zero-order valence-electron chi connectivity index (χ0n) is 13.9. The largest absolute Gasteiger partial charge is 0.497 e. The van der Waals surface area contributed by atoms with Crippen molar-refractivity contribution in [1.82, 2.24) is 0 Å². The Bertz CT molecular complexity index is 912. The molecule has 0 spiro atoms. The summed E-state index contributed by atoms with van der Waals surface area (Å²) in [4.78, 5) is 26.0. The first-order chi connectivity index (χ1) is 12.5. The molecule has 1 N–H and O–H groups in total. The first kappa shape index (κ1) is 17.8. The van der Waals surface area contributed by atoms with Crippen molar-refractivity contribution in [3.63, 3.8) is 0 Å². The number of benzene rings is 2. The van der Waals surface area contributed by atoms with Gasteiger partial charge in [-0.1, -0.05) is 11.6 Å². The Hall–Kier alpha value is -3.06. The number of methoxy groups -OCH3 is 2. The molecule has 0 saturated carbocycles. The molecule has 0 radical (unpaired) electrons. The van der Waals surface area contributed by atoms with Gasteiger partial charge in [0.15, 0.2) is 0 Å². The fourth-order valence-electron chi connectivity index (χ4n) is 2.48. The summed E-state index contributed by atoms with van der Waals surface area (Å²) in [5.74, 6) is -0.879. The normalized spacial score (nSPS) is 14.1. The summed E-state index contributed by atoms with van der Waals surface area (Å²) in [6.07, 6.45) is 0. The molecule has 0 unspecified atom stereocenters. The van der Waals surface area contributed by atoms with Crippen molar-refractivity contribution in [2.24, 2.45) is 0 Å². The van der Waals surface area contributed by atoms with E-state index in [-0.39, 0.29) is 16.4 Å². The van der Waals surface area contributed by atoms with E-state index in [9.17, 15) is 14.0 Å². The number of anilines is 2. The highest BCUT2D eigenvalue weighted by molar-refractivity contribution is 6.53. The van der Waals surface area contributed by atoms with Gasteiger partial charge >= 0.3 is 0 Å². The minimum atomic E-state index is -0.701. The van der Waals surface area contributed by atoms with Gasteiger partial charge in [-0.05, 0) is 36.4 Å². The molecule has 1 aliphatic rings. The Morgan fingerprint density at radius 3 is 2.31 bits per heavy atom. The van der Waals surface area contributed by atoms with Crippen LogP contribution in [0.5, 0.6) is 11.5 Å². The number of nitrogens with zero attached hydrogens (tertiary/aromatic N) is 1. The van der Waals surface area contributed by atoms with Crippen LogP contribution in [0.1, 0.15) is 0 Å². The number of carbonyl (C=O) groups is 2. The zero-order valence-corrected chi connectivity index (χ0v) is 14.6. The first-order valence-electron chi connectivity index (χ1n) is 7.49. The third-order valence-electron chi connectivity index (χ3n) is 3.78. The van der Waals surface area contributed by atoms with E-state index in [0.717, 1.165) is 17.0 Å². The monoisotopic (exact) mass is 376 g/mol. The van der Waals surface area contributed by atoms with Gasteiger partial charge < -0.3 is 14.8 Å². The van der Waals surface area contributed by atoms with Crippen molar-refractivity contribution >= 4 is 34.8 Å². The molecular formula is C18H14ClFN2O4. The quantitative estimate of drug-likeness (QED) is 0.811. The van der Waals surface area contributed by atoms with Crippen LogP contribution in [0, 0.1) is 5.82 Å². The molecule has 0 aliphatic carbocycles. The molecule has 134 valence electrons. The summed E-state index contributed by atoms with van der Waals surface area (Å²) >= 11 is 6.08. The lowest BCUT2D eigenvalue weighted by atomic mass is 10.2. The number of nitrogens with one attached hydrogen (secondary N) is 1. The third kappa shape index (κ3) is 3.09. The van der Waals surface area contributed by atoms with Gasteiger partial charge in [0.1, 0.15) is 28.0 Å². The molecular weight excluding hydrogens is 363 g/mol. The predicted octanol–water partition coefficient (Wildman–Crippen LogP) is 3.28. The van der Waals surface area contributed by atoms with E-state index in [1.807, 2.05) is 0 Å². The lowest BCUT2D eigenvalue weighted by molar-refractivity contribution is -0.120. The van der Waals surface area contributed by atoms with Crippen molar-refractivity contribution in [1.29, 1.82) is 0 Å². The SMILES string of the molecule is COc1ccc(OC)c(NC2=C(Cl)C(=O)N(c3ccc(F)cc3)C2=O)c1. The van der Waals surface area contributed by atoms with E-state index in [0.29, 0.717) is 17.2 Å². The van der Waals surface area contributed by atoms with Crippen molar-refractivity contribution in [2.45, 2.75) is 0 Å². The standard InChI is InChI=1S/C18H14ClFN2O4/c1-25-12-7-8-14(26-2)13(9-12)21-16-15(19)17(23)22(18(16)24)11-5-3-10(20)4-6-11/h3-9,21H,1-2H3. The average Bonchev–Trinajstić information content (AvgIpc) is 2.86. The Balaban J connectivity index is 1.95. The fourth-order valence-corrected chi connectivity index (χ4v) is 2.70. The van der Waals surface area contributed by atoms with Crippen molar-refractivity contribution in [3.05, 3.63) is 59.0 Å². The molecule has 0 fully saturated rings. The number of amides is 2. The molecule has 0 saturated heterocycles. The molecule has 2 aromatic carbocycles. The highest BCUT2D eigenvalue weighted by Gasteiger charge is 2.39. The van der Waals surface area contributed by atoms with Gasteiger partial charge in [0, 0.05) is 6.07 Å². The van der Waals surface area contributed by atoms with Gasteiger partial charge in [-0.25, -0.2) is 9.29 Å². The topological polar surface area (TPSA) is 67.9 Å². The van der Waals surface area contributed by atoms with E-state index in [1.165, 1.54) is 26.4 Å². The molecule has 1 heterocycles. The van der Waals surface area contributed by atoms with Crippen LogP contribution >= 0.6 is 11.6 Å². The lowest BCUT2D eigenvalue weighted by Gasteiger charge is -2.16. The van der Waals surface area contributed by atoms with E-state index >= 15 is 0 Å². The van der Waals surface area contributed by atoms with Gasteiger partial charge in [0.2, 0.25) is 0 Å². The maximum atomic E-state index is 13.1. The second kappa shape index (κ2) is 7.05. The molecule has 2 aromatic rings. The molecule has 8 heteroatoms. The minimum absolute atomic E-state index is 0.104. The van der Waals surface area contributed by atoms with Crippen LogP contribution in [-0.4, -0.2) is 26.0 Å². The number of hydrogen-bond donors (Lipinski definition) is 1. The summed E-state index contributed by atoms with van der Waals surface area (Å²) in [5.41, 5.74) is 0.517. The van der Waals surface area contributed by atoms with Crippen LogP contribution in [-0.2, 0) is 9.59 Å². The van der Waals surface area contributed by atoms with Crippen LogP contribution < -0.4 is 19.7 Å². The summed E-state index contributed by atoms with van der Waals surface area (Å²) in [5, 5.41) is 2.56. The first-order valence-corrected chi connectivity index (χ1v) is 7.87. The molecule has 3 rings (SSSR count). The Kier molecular flexibility index (Phi) is 4.81. The van der Waals surface area contributed by atoms with Crippen LogP contribution in [0.3, 0.4) is 0 Å². The zero-order chi connectivity index (χ0) is 18.8. The Labute approximate surface area is 153 Å². The average molecular weight is 377 g/mol. The second-order valence-electron chi connectivity index (χ2n) is 5.30.